The fourth-order valence-electron chi connectivity index (χ4n) is 1.60. The summed E-state index contributed by atoms with van der Waals surface area (Å²) in [4.78, 5) is 11.6. The van der Waals surface area contributed by atoms with Gasteiger partial charge in [-0.15, -0.1) is 0 Å². The minimum absolute atomic E-state index is 0.0415. The molecule has 0 saturated carbocycles. The fourth-order valence-corrected chi connectivity index (χ4v) is 2.29. The largest absolute Gasteiger partial charge is 0.350 e. The van der Waals surface area contributed by atoms with Crippen LogP contribution in [0.4, 0.5) is 0 Å². The molecule has 94 valence electrons. The SMILES string of the molecule is CC(NC(=O)CCCCBr)c1ccccc1Cl. The van der Waals surface area contributed by atoms with Crippen LogP contribution in [0.15, 0.2) is 24.3 Å². The standard InChI is InChI=1S/C13H17BrClNO/c1-10(11-6-2-3-7-12(11)15)16-13(17)8-4-5-9-14/h2-3,6-7,10H,4-5,8-9H2,1H3,(H,16,17). The number of benzene rings is 1. The van der Waals surface area contributed by atoms with E-state index >= 15 is 0 Å². The van der Waals surface area contributed by atoms with Crippen molar-refractivity contribution in [1.29, 1.82) is 0 Å². The lowest BCUT2D eigenvalue weighted by molar-refractivity contribution is -0.121. The first-order valence-corrected chi connectivity index (χ1v) is 7.25. The van der Waals surface area contributed by atoms with Gasteiger partial charge in [-0.1, -0.05) is 45.7 Å². The van der Waals surface area contributed by atoms with Gasteiger partial charge in [0.2, 0.25) is 5.91 Å². The van der Waals surface area contributed by atoms with E-state index in [9.17, 15) is 4.79 Å². The molecule has 1 unspecified atom stereocenters. The summed E-state index contributed by atoms with van der Waals surface area (Å²) in [5.74, 6) is 0.0818. The number of hydrogen-bond acceptors (Lipinski definition) is 1. The maximum Gasteiger partial charge on any atom is 0.220 e. The van der Waals surface area contributed by atoms with E-state index in [1.54, 1.807) is 0 Å². The number of nitrogens with one attached hydrogen (secondary N) is 1. The van der Waals surface area contributed by atoms with Crippen molar-refractivity contribution in [3.8, 4) is 0 Å². The summed E-state index contributed by atoms with van der Waals surface area (Å²) in [5, 5.41) is 4.60. The van der Waals surface area contributed by atoms with Gasteiger partial charge in [0.05, 0.1) is 6.04 Å². The van der Waals surface area contributed by atoms with Gasteiger partial charge in [-0.05, 0) is 31.4 Å². The lowest BCUT2D eigenvalue weighted by Crippen LogP contribution is -2.26. The van der Waals surface area contributed by atoms with Crippen LogP contribution in [0, 0.1) is 0 Å². The zero-order valence-electron chi connectivity index (χ0n) is 9.88. The molecule has 0 radical (unpaired) electrons. The Labute approximate surface area is 116 Å². The highest BCUT2D eigenvalue weighted by Crippen LogP contribution is 2.22. The van der Waals surface area contributed by atoms with Crippen molar-refractivity contribution in [2.75, 3.05) is 5.33 Å². The van der Waals surface area contributed by atoms with E-state index in [0.717, 1.165) is 23.7 Å². The molecule has 0 aliphatic carbocycles. The van der Waals surface area contributed by atoms with Crippen LogP contribution >= 0.6 is 27.5 Å². The van der Waals surface area contributed by atoms with E-state index in [0.29, 0.717) is 11.4 Å². The van der Waals surface area contributed by atoms with E-state index in [-0.39, 0.29) is 11.9 Å². The molecule has 0 fully saturated rings. The summed E-state index contributed by atoms with van der Waals surface area (Å²) in [6, 6.07) is 7.54. The number of hydrogen-bond donors (Lipinski definition) is 1. The van der Waals surface area contributed by atoms with Gasteiger partial charge >= 0.3 is 0 Å². The molecule has 0 aromatic heterocycles. The van der Waals surface area contributed by atoms with Crippen LogP contribution in [0.5, 0.6) is 0 Å². The molecule has 0 aliphatic rings. The Morgan fingerprint density at radius 3 is 2.76 bits per heavy atom. The highest BCUT2D eigenvalue weighted by Gasteiger charge is 2.11. The average molecular weight is 319 g/mol. The van der Waals surface area contributed by atoms with Gasteiger partial charge in [0.15, 0.2) is 0 Å². The third-order valence-electron chi connectivity index (χ3n) is 2.54. The van der Waals surface area contributed by atoms with Gasteiger partial charge in [-0.2, -0.15) is 0 Å². The predicted molar refractivity (Wildman–Crippen MR) is 75.7 cm³/mol. The molecule has 1 rings (SSSR count). The zero-order chi connectivity index (χ0) is 12.7. The normalized spacial score (nSPS) is 12.2. The number of halogens is 2. The predicted octanol–water partition coefficient (Wildman–Crippen LogP) is 4.08. The van der Waals surface area contributed by atoms with E-state index in [2.05, 4.69) is 21.2 Å². The Kier molecular flexibility index (Phi) is 6.60. The molecule has 1 amide bonds. The average Bonchev–Trinajstić information content (AvgIpc) is 2.29. The number of carbonyl (C=O) groups excluding carboxylic acids is 1. The number of carbonyl (C=O) groups is 1. The third-order valence-corrected chi connectivity index (χ3v) is 3.44. The van der Waals surface area contributed by atoms with Gasteiger partial charge in [-0.25, -0.2) is 0 Å². The molecule has 0 spiro atoms. The first kappa shape index (κ1) is 14.5. The Hall–Kier alpha value is -0.540. The Morgan fingerprint density at radius 2 is 2.12 bits per heavy atom. The molecular formula is C13H17BrClNO. The second kappa shape index (κ2) is 7.72. The maximum absolute atomic E-state index is 11.6. The van der Waals surface area contributed by atoms with Crippen LogP contribution in [0.25, 0.3) is 0 Å². The van der Waals surface area contributed by atoms with Crippen molar-refractivity contribution in [2.24, 2.45) is 0 Å². The molecule has 4 heteroatoms. The molecule has 0 bridgehead atoms. The van der Waals surface area contributed by atoms with Gasteiger partial charge in [0, 0.05) is 16.8 Å². The number of unbranched alkanes of at least 4 members (excludes halogenated alkanes) is 1. The molecule has 1 N–H and O–H groups in total. The molecule has 1 aromatic rings. The summed E-state index contributed by atoms with van der Waals surface area (Å²) in [7, 11) is 0. The molecule has 0 heterocycles. The molecular weight excluding hydrogens is 302 g/mol. The van der Waals surface area contributed by atoms with Gasteiger partial charge in [-0.3, -0.25) is 4.79 Å². The molecule has 0 aliphatic heterocycles. The third kappa shape index (κ3) is 5.09. The molecule has 0 saturated heterocycles. The quantitative estimate of drug-likeness (QED) is 0.621. The van der Waals surface area contributed by atoms with Gasteiger partial charge in [0.25, 0.3) is 0 Å². The topological polar surface area (TPSA) is 29.1 Å². The van der Waals surface area contributed by atoms with E-state index in [1.165, 1.54) is 0 Å². The van der Waals surface area contributed by atoms with Crippen molar-refractivity contribution in [3.63, 3.8) is 0 Å². The second-order valence-corrected chi connectivity index (χ2v) is 5.16. The summed E-state index contributed by atoms with van der Waals surface area (Å²) in [5.41, 5.74) is 0.961. The number of alkyl halides is 1. The highest BCUT2D eigenvalue weighted by atomic mass is 79.9. The highest BCUT2D eigenvalue weighted by molar-refractivity contribution is 9.09. The van der Waals surface area contributed by atoms with Crippen LogP contribution in [-0.2, 0) is 4.79 Å². The summed E-state index contributed by atoms with van der Waals surface area (Å²) < 4.78 is 0. The van der Waals surface area contributed by atoms with Crippen LogP contribution in [0.2, 0.25) is 5.02 Å². The van der Waals surface area contributed by atoms with Gasteiger partial charge < -0.3 is 5.32 Å². The minimum Gasteiger partial charge on any atom is -0.350 e. The Balaban J connectivity index is 2.46. The van der Waals surface area contributed by atoms with E-state index in [4.69, 9.17) is 11.6 Å². The Bertz CT molecular complexity index is 370. The first-order chi connectivity index (χ1) is 8.15. The zero-order valence-corrected chi connectivity index (χ0v) is 12.2. The van der Waals surface area contributed by atoms with Crippen LogP contribution < -0.4 is 5.32 Å². The smallest absolute Gasteiger partial charge is 0.220 e. The minimum atomic E-state index is -0.0415. The van der Waals surface area contributed by atoms with Crippen molar-refractivity contribution in [3.05, 3.63) is 34.9 Å². The molecule has 17 heavy (non-hydrogen) atoms. The van der Waals surface area contributed by atoms with Crippen molar-refractivity contribution in [2.45, 2.75) is 32.2 Å². The van der Waals surface area contributed by atoms with E-state index in [1.807, 2.05) is 31.2 Å². The van der Waals surface area contributed by atoms with Crippen molar-refractivity contribution in [1.82, 2.24) is 5.32 Å². The monoisotopic (exact) mass is 317 g/mol. The molecule has 1 atom stereocenters. The molecule has 1 aromatic carbocycles. The summed E-state index contributed by atoms with van der Waals surface area (Å²) in [6.45, 7) is 1.95. The fraction of sp³-hybridized carbons (Fsp3) is 0.462. The van der Waals surface area contributed by atoms with Crippen LogP contribution in [0.1, 0.15) is 37.8 Å². The van der Waals surface area contributed by atoms with E-state index < -0.39 is 0 Å². The number of amides is 1. The van der Waals surface area contributed by atoms with Crippen molar-refractivity contribution < 1.29 is 4.79 Å². The van der Waals surface area contributed by atoms with Crippen LogP contribution in [-0.4, -0.2) is 11.2 Å². The lowest BCUT2D eigenvalue weighted by Gasteiger charge is -2.15. The molecule has 2 nitrogen and oxygen atoms in total. The van der Waals surface area contributed by atoms with Gasteiger partial charge in [0.1, 0.15) is 0 Å². The summed E-state index contributed by atoms with van der Waals surface area (Å²) >= 11 is 9.42. The van der Waals surface area contributed by atoms with Crippen molar-refractivity contribution >= 4 is 33.4 Å². The number of rotatable bonds is 6. The summed E-state index contributed by atoms with van der Waals surface area (Å²) in [6.07, 6.45) is 2.50. The maximum atomic E-state index is 11.6. The Morgan fingerprint density at radius 1 is 1.41 bits per heavy atom. The second-order valence-electron chi connectivity index (χ2n) is 3.96. The first-order valence-electron chi connectivity index (χ1n) is 5.75. The lowest BCUT2D eigenvalue weighted by atomic mass is 10.1. The van der Waals surface area contributed by atoms with Crippen LogP contribution in [0.3, 0.4) is 0 Å².